The maximum absolute atomic E-state index is 11.4. The molecule has 18 heavy (non-hydrogen) atoms. The van der Waals surface area contributed by atoms with Gasteiger partial charge in [-0.1, -0.05) is 0 Å². The van der Waals surface area contributed by atoms with Crippen molar-refractivity contribution in [3.63, 3.8) is 0 Å². The van der Waals surface area contributed by atoms with Crippen molar-refractivity contribution < 1.29 is 9.53 Å². The number of H-pyrrole nitrogens is 1. The Morgan fingerprint density at radius 3 is 3.22 bits per heavy atom. The van der Waals surface area contributed by atoms with Gasteiger partial charge in [-0.05, 0) is 6.92 Å². The van der Waals surface area contributed by atoms with Crippen LogP contribution < -0.4 is 5.32 Å². The number of hydrogen-bond acceptors (Lipinski definition) is 6. The van der Waals surface area contributed by atoms with Crippen LogP contribution in [0.15, 0.2) is 17.8 Å². The maximum atomic E-state index is 11.4. The fraction of sp³-hybridized carbons (Fsp3) is 0.364. The van der Waals surface area contributed by atoms with Crippen LogP contribution >= 0.6 is 11.3 Å². The predicted octanol–water partition coefficient (Wildman–Crippen LogP) is 1.70. The SMILES string of the molecule is CCOC(=O)c1csc(NCCc2ncc[nH]2)n1. The van der Waals surface area contributed by atoms with E-state index in [0.717, 1.165) is 12.2 Å². The van der Waals surface area contributed by atoms with Crippen LogP contribution in [-0.4, -0.2) is 34.1 Å². The van der Waals surface area contributed by atoms with Crippen molar-refractivity contribution in [3.05, 3.63) is 29.3 Å². The number of imidazole rings is 1. The topological polar surface area (TPSA) is 79.9 Å². The maximum Gasteiger partial charge on any atom is 0.357 e. The second-order valence-corrected chi connectivity index (χ2v) is 4.33. The second kappa shape index (κ2) is 6.15. The molecule has 2 heterocycles. The average molecular weight is 266 g/mol. The second-order valence-electron chi connectivity index (χ2n) is 3.47. The van der Waals surface area contributed by atoms with Crippen LogP contribution in [0.3, 0.4) is 0 Å². The zero-order valence-electron chi connectivity index (χ0n) is 9.97. The Bertz CT molecular complexity index is 495. The highest BCUT2D eigenvalue weighted by molar-refractivity contribution is 7.13. The van der Waals surface area contributed by atoms with Gasteiger partial charge in [-0.3, -0.25) is 0 Å². The van der Waals surface area contributed by atoms with E-state index >= 15 is 0 Å². The largest absolute Gasteiger partial charge is 0.461 e. The summed E-state index contributed by atoms with van der Waals surface area (Å²) in [5.41, 5.74) is 0.349. The molecular weight excluding hydrogens is 252 g/mol. The number of nitrogens with one attached hydrogen (secondary N) is 2. The minimum absolute atomic E-state index is 0.349. The zero-order valence-corrected chi connectivity index (χ0v) is 10.8. The third-order valence-electron chi connectivity index (χ3n) is 2.18. The molecule has 0 atom stereocenters. The molecule has 0 amide bonds. The number of aromatic amines is 1. The molecule has 6 nitrogen and oxygen atoms in total. The van der Waals surface area contributed by atoms with E-state index < -0.39 is 0 Å². The first kappa shape index (κ1) is 12.6. The van der Waals surface area contributed by atoms with Crippen molar-refractivity contribution in [2.45, 2.75) is 13.3 Å². The Labute approximate surface area is 108 Å². The van der Waals surface area contributed by atoms with Crippen molar-refractivity contribution in [1.29, 1.82) is 0 Å². The van der Waals surface area contributed by atoms with E-state index in [0.29, 0.717) is 24.0 Å². The van der Waals surface area contributed by atoms with Gasteiger partial charge in [-0.25, -0.2) is 14.8 Å². The average Bonchev–Trinajstić information content (AvgIpc) is 3.00. The molecule has 0 aliphatic rings. The summed E-state index contributed by atoms with van der Waals surface area (Å²) in [5, 5.41) is 5.54. The molecule has 2 aromatic heterocycles. The molecular formula is C11H14N4O2S. The summed E-state index contributed by atoms with van der Waals surface area (Å²) in [5.74, 6) is 0.539. The number of rotatable bonds is 6. The van der Waals surface area contributed by atoms with Gasteiger partial charge in [0.15, 0.2) is 10.8 Å². The molecule has 0 saturated carbocycles. The number of hydrogen-bond donors (Lipinski definition) is 2. The molecule has 2 aromatic rings. The highest BCUT2D eigenvalue weighted by Crippen LogP contribution is 2.15. The van der Waals surface area contributed by atoms with Crippen LogP contribution in [0, 0.1) is 0 Å². The molecule has 0 aliphatic heterocycles. The van der Waals surface area contributed by atoms with Crippen LogP contribution in [0.25, 0.3) is 0 Å². The van der Waals surface area contributed by atoms with E-state index in [1.807, 2.05) is 0 Å². The fourth-order valence-corrected chi connectivity index (χ4v) is 2.08. The molecule has 7 heteroatoms. The summed E-state index contributed by atoms with van der Waals surface area (Å²) >= 11 is 1.39. The number of anilines is 1. The lowest BCUT2D eigenvalue weighted by atomic mass is 10.4. The molecule has 2 rings (SSSR count). The van der Waals surface area contributed by atoms with Crippen LogP contribution in [0.5, 0.6) is 0 Å². The summed E-state index contributed by atoms with van der Waals surface area (Å²) in [6.45, 7) is 2.84. The Morgan fingerprint density at radius 2 is 2.50 bits per heavy atom. The monoisotopic (exact) mass is 266 g/mol. The standard InChI is InChI=1S/C11H14N4O2S/c1-2-17-10(16)8-7-18-11(15-8)14-4-3-9-12-5-6-13-9/h5-7H,2-4H2,1H3,(H,12,13)(H,14,15). The number of nitrogens with zero attached hydrogens (tertiary/aromatic N) is 2. The number of carbonyl (C=O) groups excluding carboxylic acids is 1. The highest BCUT2D eigenvalue weighted by Gasteiger charge is 2.11. The third kappa shape index (κ3) is 3.30. The van der Waals surface area contributed by atoms with Gasteiger partial charge in [-0.15, -0.1) is 11.3 Å². The lowest BCUT2D eigenvalue weighted by Crippen LogP contribution is -2.07. The van der Waals surface area contributed by atoms with Crippen LogP contribution in [0.4, 0.5) is 5.13 Å². The molecule has 2 N–H and O–H groups in total. The molecule has 0 unspecified atom stereocenters. The quantitative estimate of drug-likeness (QED) is 0.778. The number of ether oxygens (including phenoxy) is 1. The highest BCUT2D eigenvalue weighted by atomic mass is 32.1. The van der Waals surface area contributed by atoms with Crippen molar-refractivity contribution in [2.24, 2.45) is 0 Å². The minimum Gasteiger partial charge on any atom is -0.461 e. The molecule has 0 radical (unpaired) electrons. The normalized spacial score (nSPS) is 10.3. The number of aromatic nitrogens is 3. The summed E-state index contributed by atoms with van der Waals surface area (Å²) in [4.78, 5) is 22.7. The Balaban J connectivity index is 1.81. The van der Waals surface area contributed by atoms with Crippen molar-refractivity contribution >= 4 is 22.4 Å². The summed E-state index contributed by atoms with van der Waals surface area (Å²) in [6.07, 6.45) is 4.29. The lowest BCUT2D eigenvalue weighted by Gasteiger charge is -2.00. The van der Waals surface area contributed by atoms with Gasteiger partial charge in [0.2, 0.25) is 0 Å². The van der Waals surface area contributed by atoms with E-state index in [1.54, 1.807) is 24.7 Å². The predicted molar refractivity (Wildman–Crippen MR) is 68.9 cm³/mol. The van der Waals surface area contributed by atoms with Crippen molar-refractivity contribution in [1.82, 2.24) is 15.0 Å². The van der Waals surface area contributed by atoms with Gasteiger partial charge in [0.1, 0.15) is 5.82 Å². The summed E-state index contributed by atoms with van der Waals surface area (Å²) in [7, 11) is 0. The first-order chi connectivity index (χ1) is 8.79. The lowest BCUT2D eigenvalue weighted by molar-refractivity contribution is 0.0520. The Kier molecular flexibility index (Phi) is 4.30. The molecule has 96 valence electrons. The van der Waals surface area contributed by atoms with Crippen molar-refractivity contribution in [2.75, 3.05) is 18.5 Å². The smallest absolute Gasteiger partial charge is 0.357 e. The number of carbonyl (C=O) groups is 1. The third-order valence-corrected chi connectivity index (χ3v) is 2.98. The van der Waals surface area contributed by atoms with E-state index in [9.17, 15) is 4.79 Å². The molecule has 0 saturated heterocycles. The van der Waals surface area contributed by atoms with E-state index in [4.69, 9.17) is 4.74 Å². The fourth-order valence-electron chi connectivity index (χ4n) is 1.38. The van der Waals surface area contributed by atoms with Gasteiger partial charge in [0.05, 0.1) is 6.61 Å². The van der Waals surface area contributed by atoms with Crippen molar-refractivity contribution in [3.8, 4) is 0 Å². The van der Waals surface area contributed by atoms with E-state index in [-0.39, 0.29) is 5.97 Å². The van der Waals surface area contributed by atoms with E-state index in [1.165, 1.54) is 11.3 Å². The molecule has 0 aliphatic carbocycles. The molecule has 0 fully saturated rings. The first-order valence-electron chi connectivity index (χ1n) is 5.64. The number of thiazole rings is 1. The van der Waals surface area contributed by atoms with E-state index in [2.05, 4.69) is 20.3 Å². The minimum atomic E-state index is -0.382. The number of esters is 1. The van der Waals surface area contributed by atoms with Crippen LogP contribution in [0.2, 0.25) is 0 Å². The summed E-state index contributed by atoms with van der Waals surface area (Å²) in [6, 6.07) is 0. The van der Waals surface area contributed by atoms with Gasteiger partial charge >= 0.3 is 5.97 Å². The van der Waals surface area contributed by atoms with Crippen LogP contribution in [0.1, 0.15) is 23.2 Å². The van der Waals surface area contributed by atoms with Gasteiger partial charge in [0, 0.05) is 30.7 Å². The molecule has 0 spiro atoms. The Hall–Kier alpha value is -1.89. The van der Waals surface area contributed by atoms with Gasteiger partial charge < -0.3 is 15.0 Å². The van der Waals surface area contributed by atoms with Crippen LogP contribution in [-0.2, 0) is 11.2 Å². The Morgan fingerprint density at radius 1 is 1.61 bits per heavy atom. The molecule has 0 aromatic carbocycles. The van der Waals surface area contributed by atoms with Gasteiger partial charge in [-0.2, -0.15) is 0 Å². The summed E-state index contributed by atoms with van der Waals surface area (Å²) < 4.78 is 4.87. The van der Waals surface area contributed by atoms with Gasteiger partial charge in [0.25, 0.3) is 0 Å². The first-order valence-corrected chi connectivity index (χ1v) is 6.52. The zero-order chi connectivity index (χ0) is 12.8. The molecule has 0 bridgehead atoms.